The summed E-state index contributed by atoms with van der Waals surface area (Å²) in [4.78, 5) is 13.9. The first-order valence-corrected chi connectivity index (χ1v) is 6.84. The number of piperidine rings is 1. The second kappa shape index (κ2) is 6.40. The molecule has 0 radical (unpaired) electrons. The predicted octanol–water partition coefficient (Wildman–Crippen LogP) is 2.18. The van der Waals surface area contributed by atoms with E-state index in [9.17, 15) is 9.90 Å². The van der Waals surface area contributed by atoms with E-state index in [1.165, 1.54) is 0 Å². The molecule has 20 heavy (non-hydrogen) atoms. The van der Waals surface area contributed by atoms with Crippen LogP contribution in [0.5, 0.6) is 0 Å². The molecule has 1 aliphatic heterocycles. The highest BCUT2D eigenvalue weighted by Crippen LogP contribution is 2.20. The zero-order valence-electron chi connectivity index (χ0n) is 11.5. The highest BCUT2D eigenvalue weighted by atomic mass is 16.3. The lowest BCUT2D eigenvalue weighted by Gasteiger charge is -2.34. The van der Waals surface area contributed by atoms with Crippen LogP contribution in [-0.4, -0.2) is 35.2 Å². The largest absolute Gasteiger partial charge is 0.393 e. The van der Waals surface area contributed by atoms with Gasteiger partial charge in [-0.05, 0) is 38.0 Å². The number of benzene rings is 1. The van der Waals surface area contributed by atoms with E-state index in [2.05, 4.69) is 5.32 Å². The van der Waals surface area contributed by atoms with Crippen LogP contribution in [0.1, 0.15) is 25.3 Å². The van der Waals surface area contributed by atoms with E-state index in [0.717, 1.165) is 12.8 Å². The Balaban J connectivity index is 1.99. The van der Waals surface area contributed by atoms with Crippen molar-refractivity contribution < 1.29 is 9.90 Å². The Labute approximate surface area is 118 Å². The zero-order chi connectivity index (χ0) is 14.5. The van der Waals surface area contributed by atoms with Crippen molar-refractivity contribution in [1.29, 1.82) is 5.26 Å². The first-order valence-electron chi connectivity index (χ1n) is 6.84. The number of carbonyl (C=O) groups is 1. The van der Waals surface area contributed by atoms with Crippen molar-refractivity contribution in [2.45, 2.75) is 25.9 Å². The number of rotatable bonds is 2. The normalized spacial score (nSPS) is 20.1. The van der Waals surface area contributed by atoms with Gasteiger partial charge in [0.25, 0.3) is 0 Å². The Morgan fingerprint density at radius 3 is 3.10 bits per heavy atom. The van der Waals surface area contributed by atoms with Gasteiger partial charge in [0.2, 0.25) is 0 Å². The second-order valence-electron chi connectivity index (χ2n) is 5.21. The van der Waals surface area contributed by atoms with Gasteiger partial charge in [0.05, 0.1) is 17.7 Å². The van der Waals surface area contributed by atoms with Crippen LogP contribution in [0.3, 0.4) is 0 Å². The number of carbonyl (C=O) groups excluding carboxylic acids is 1. The summed E-state index contributed by atoms with van der Waals surface area (Å²) in [7, 11) is 0. The third kappa shape index (κ3) is 3.49. The number of hydrogen-bond donors (Lipinski definition) is 2. The minimum atomic E-state index is -0.396. The summed E-state index contributed by atoms with van der Waals surface area (Å²) < 4.78 is 0. The maximum absolute atomic E-state index is 12.2. The maximum atomic E-state index is 12.2. The number of aliphatic hydroxyl groups is 1. The van der Waals surface area contributed by atoms with Crippen molar-refractivity contribution in [3.63, 3.8) is 0 Å². The summed E-state index contributed by atoms with van der Waals surface area (Å²) in [5.41, 5.74) is 1.14. The zero-order valence-corrected chi connectivity index (χ0v) is 11.5. The molecular weight excluding hydrogens is 254 g/mol. The van der Waals surface area contributed by atoms with Crippen molar-refractivity contribution in [3.05, 3.63) is 29.8 Å². The van der Waals surface area contributed by atoms with Gasteiger partial charge in [-0.25, -0.2) is 4.79 Å². The van der Waals surface area contributed by atoms with E-state index in [-0.39, 0.29) is 11.9 Å². The summed E-state index contributed by atoms with van der Waals surface area (Å²) in [6.07, 6.45) is 1.46. The minimum absolute atomic E-state index is 0.139. The number of nitrogens with one attached hydrogen (secondary N) is 1. The number of urea groups is 1. The van der Waals surface area contributed by atoms with Crippen molar-refractivity contribution in [2.75, 3.05) is 18.4 Å². The molecule has 1 fully saturated rings. The van der Waals surface area contributed by atoms with Crippen LogP contribution in [-0.2, 0) is 0 Å². The summed E-state index contributed by atoms with van der Waals surface area (Å²) in [5, 5.41) is 21.3. The topological polar surface area (TPSA) is 76.4 Å². The van der Waals surface area contributed by atoms with Gasteiger partial charge in [0, 0.05) is 24.7 Å². The first-order chi connectivity index (χ1) is 9.60. The number of aliphatic hydroxyl groups excluding tert-OH is 1. The maximum Gasteiger partial charge on any atom is 0.321 e. The molecule has 1 aromatic rings. The van der Waals surface area contributed by atoms with Gasteiger partial charge >= 0.3 is 6.03 Å². The molecule has 1 aromatic carbocycles. The Hall–Kier alpha value is -2.06. The summed E-state index contributed by atoms with van der Waals surface area (Å²) in [6, 6.07) is 8.71. The first kappa shape index (κ1) is 14.4. The Bertz CT molecular complexity index is 522. The SMILES string of the molecule is CC(O)C1CCCN(C(=O)Nc2cccc(C#N)c2)C1. The van der Waals surface area contributed by atoms with E-state index in [4.69, 9.17) is 5.26 Å². The number of nitriles is 1. The van der Waals surface area contributed by atoms with Crippen molar-refractivity contribution in [2.24, 2.45) is 5.92 Å². The van der Waals surface area contributed by atoms with E-state index >= 15 is 0 Å². The average Bonchev–Trinajstić information content (AvgIpc) is 2.47. The molecule has 5 heteroatoms. The highest BCUT2D eigenvalue weighted by molar-refractivity contribution is 5.89. The van der Waals surface area contributed by atoms with Gasteiger partial charge in [-0.15, -0.1) is 0 Å². The molecule has 0 spiro atoms. The number of anilines is 1. The summed E-state index contributed by atoms with van der Waals surface area (Å²) >= 11 is 0. The third-order valence-electron chi connectivity index (χ3n) is 3.67. The van der Waals surface area contributed by atoms with Crippen LogP contribution < -0.4 is 5.32 Å². The second-order valence-corrected chi connectivity index (χ2v) is 5.21. The fraction of sp³-hybridized carbons (Fsp3) is 0.467. The van der Waals surface area contributed by atoms with Crippen LogP contribution in [0.25, 0.3) is 0 Å². The van der Waals surface area contributed by atoms with E-state index in [1.54, 1.807) is 36.1 Å². The van der Waals surface area contributed by atoms with E-state index in [0.29, 0.717) is 24.3 Å². The molecule has 2 N–H and O–H groups in total. The lowest BCUT2D eigenvalue weighted by atomic mass is 9.94. The minimum Gasteiger partial charge on any atom is -0.393 e. The molecule has 0 saturated carbocycles. The predicted molar refractivity (Wildman–Crippen MR) is 76.2 cm³/mol. The third-order valence-corrected chi connectivity index (χ3v) is 3.67. The van der Waals surface area contributed by atoms with Gasteiger partial charge in [-0.3, -0.25) is 0 Å². The van der Waals surface area contributed by atoms with E-state index < -0.39 is 6.10 Å². The molecule has 0 bridgehead atoms. The van der Waals surface area contributed by atoms with Gasteiger partial charge in [-0.2, -0.15) is 5.26 Å². The Morgan fingerprint density at radius 2 is 2.40 bits per heavy atom. The molecule has 0 aromatic heterocycles. The van der Waals surface area contributed by atoms with Gasteiger partial charge < -0.3 is 15.3 Å². The molecule has 2 unspecified atom stereocenters. The average molecular weight is 273 g/mol. The number of amides is 2. The standard InChI is InChI=1S/C15H19N3O2/c1-11(19)13-5-3-7-18(10-13)15(20)17-14-6-2-4-12(8-14)9-16/h2,4,6,8,11,13,19H,3,5,7,10H2,1H3,(H,17,20). The highest BCUT2D eigenvalue weighted by Gasteiger charge is 2.26. The fourth-order valence-electron chi connectivity index (χ4n) is 2.46. The monoisotopic (exact) mass is 273 g/mol. The van der Waals surface area contributed by atoms with Crippen molar-refractivity contribution in [3.8, 4) is 6.07 Å². The molecule has 0 aliphatic carbocycles. The van der Waals surface area contributed by atoms with Crippen LogP contribution in [0, 0.1) is 17.2 Å². The summed E-state index contributed by atoms with van der Waals surface area (Å²) in [5.74, 6) is 0.139. The molecule has 2 rings (SSSR count). The molecule has 1 saturated heterocycles. The van der Waals surface area contributed by atoms with Crippen LogP contribution >= 0.6 is 0 Å². The number of nitrogens with zero attached hydrogens (tertiary/aromatic N) is 2. The fourth-order valence-corrected chi connectivity index (χ4v) is 2.46. The molecule has 1 heterocycles. The van der Waals surface area contributed by atoms with Crippen LogP contribution in [0.15, 0.2) is 24.3 Å². The van der Waals surface area contributed by atoms with Crippen molar-refractivity contribution in [1.82, 2.24) is 4.90 Å². The quantitative estimate of drug-likeness (QED) is 0.867. The van der Waals surface area contributed by atoms with Gasteiger partial charge in [0.1, 0.15) is 0 Å². The van der Waals surface area contributed by atoms with E-state index in [1.807, 2.05) is 6.07 Å². The lowest BCUT2D eigenvalue weighted by Crippen LogP contribution is -2.44. The van der Waals surface area contributed by atoms with Gasteiger partial charge in [0.15, 0.2) is 0 Å². The molecule has 1 aliphatic rings. The Kier molecular flexibility index (Phi) is 4.59. The molecule has 5 nitrogen and oxygen atoms in total. The lowest BCUT2D eigenvalue weighted by molar-refractivity contribution is 0.0766. The Morgan fingerprint density at radius 1 is 1.60 bits per heavy atom. The smallest absolute Gasteiger partial charge is 0.321 e. The van der Waals surface area contributed by atoms with Crippen LogP contribution in [0.4, 0.5) is 10.5 Å². The van der Waals surface area contributed by atoms with Gasteiger partial charge in [-0.1, -0.05) is 6.07 Å². The number of hydrogen-bond acceptors (Lipinski definition) is 3. The molecule has 2 atom stereocenters. The van der Waals surface area contributed by atoms with Crippen LogP contribution in [0.2, 0.25) is 0 Å². The molecular formula is C15H19N3O2. The molecule has 2 amide bonds. The van der Waals surface area contributed by atoms with Crippen molar-refractivity contribution >= 4 is 11.7 Å². The molecule has 106 valence electrons. The number of likely N-dealkylation sites (tertiary alicyclic amines) is 1. The summed E-state index contributed by atoms with van der Waals surface area (Å²) in [6.45, 7) is 3.04.